The molecule has 0 heterocycles. The Hall–Kier alpha value is 0.943. The van der Waals surface area contributed by atoms with E-state index in [0.29, 0.717) is 0 Å². The Kier molecular flexibility index (Phi) is 7.54. The second-order valence-electron chi connectivity index (χ2n) is 2.31. The summed E-state index contributed by atoms with van der Waals surface area (Å²) < 4.78 is 1.59. The van der Waals surface area contributed by atoms with Gasteiger partial charge < -0.3 is 24.8 Å². The molecule has 3 heteroatoms. The zero-order valence-electron chi connectivity index (χ0n) is 6.04. The van der Waals surface area contributed by atoms with Crippen molar-refractivity contribution in [2.45, 2.75) is 20.3 Å². The molecule has 0 unspecified atom stereocenters. The van der Waals surface area contributed by atoms with Crippen molar-refractivity contribution in [1.82, 2.24) is 0 Å². The van der Waals surface area contributed by atoms with Crippen molar-refractivity contribution in [3.8, 4) is 0 Å². The summed E-state index contributed by atoms with van der Waals surface area (Å²) in [6.45, 7) is 4.40. The molecule has 0 fully saturated rings. The maximum Gasteiger partial charge on any atom is -1.00 e. The quantitative estimate of drug-likeness (QED) is 0.416. The van der Waals surface area contributed by atoms with Gasteiger partial charge in [0.05, 0.1) is 0 Å². The first-order valence-corrected chi connectivity index (χ1v) is 4.01. The third kappa shape index (κ3) is 3.37. The summed E-state index contributed by atoms with van der Waals surface area (Å²) in [5.74, 6) is 0. The van der Waals surface area contributed by atoms with Gasteiger partial charge in [0.25, 0.3) is 0 Å². The summed E-state index contributed by atoms with van der Waals surface area (Å²) >= 11 is 1.58. The van der Waals surface area contributed by atoms with Crippen LogP contribution in [0.5, 0.6) is 0 Å². The van der Waals surface area contributed by atoms with Gasteiger partial charge in [-0.3, -0.25) is 0 Å². The minimum atomic E-state index is 0. The topological polar surface area (TPSA) is 0 Å². The van der Waals surface area contributed by atoms with Gasteiger partial charge in [-0.15, -0.1) is 0 Å². The van der Waals surface area contributed by atoms with Crippen molar-refractivity contribution >= 4 is 0 Å². The molecule has 0 saturated carbocycles. The van der Waals surface area contributed by atoms with Crippen LogP contribution in [0.2, 0.25) is 0 Å². The number of halogens is 2. The third-order valence-electron chi connectivity index (χ3n) is 1.52. The Morgan fingerprint density at radius 2 is 1.80 bits per heavy atom. The van der Waals surface area contributed by atoms with Gasteiger partial charge in [-0.25, -0.2) is 0 Å². The monoisotopic (exact) mass is 253 g/mol. The van der Waals surface area contributed by atoms with Crippen LogP contribution in [0.3, 0.4) is 0 Å². The Morgan fingerprint density at radius 1 is 1.30 bits per heavy atom. The molecule has 55 valence electrons. The van der Waals surface area contributed by atoms with Crippen LogP contribution in [0.15, 0.2) is 20.5 Å². The SMILES string of the molecule is CC1=C(C)C[C]([Zr+2])=C1.[Cl-].[Cl-]. The molecular weight excluding hydrogens is 246 g/mol. The molecule has 1 aliphatic rings. The summed E-state index contributed by atoms with van der Waals surface area (Å²) in [6.07, 6.45) is 3.54. The molecule has 0 nitrogen and oxygen atoms in total. The molecule has 0 spiro atoms. The van der Waals surface area contributed by atoms with Crippen LogP contribution in [0.4, 0.5) is 0 Å². The van der Waals surface area contributed by atoms with Crippen molar-refractivity contribution in [3.63, 3.8) is 0 Å². The second kappa shape index (κ2) is 5.58. The van der Waals surface area contributed by atoms with Crippen LogP contribution in [0, 0.1) is 0 Å². The van der Waals surface area contributed by atoms with Crippen molar-refractivity contribution in [3.05, 3.63) is 20.5 Å². The standard InChI is InChI=1S/C7H9.2ClH.Zr/c1-6-4-3-5-7(6)2;;;/h4H,5H2,1-2H3;2*1H;/q;;;+2/p-2. The molecule has 0 aromatic rings. The Morgan fingerprint density at radius 3 is 1.90 bits per heavy atom. The smallest absolute Gasteiger partial charge is 1.00 e. The summed E-state index contributed by atoms with van der Waals surface area (Å²) in [5.41, 5.74) is 3.04. The molecule has 0 amide bonds. The van der Waals surface area contributed by atoms with E-state index < -0.39 is 0 Å². The fourth-order valence-corrected chi connectivity index (χ4v) is 2.04. The van der Waals surface area contributed by atoms with E-state index in [9.17, 15) is 0 Å². The molecule has 0 aromatic heterocycles. The van der Waals surface area contributed by atoms with Crippen LogP contribution in [-0.4, -0.2) is 0 Å². The number of hydrogen-bond donors (Lipinski definition) is 0. The second-order valence-corrected chi connectivity index (χ2v) is 3.89. The molecule has 1 rings (SSSR count). The van der Waals surface area contributed by atoms with Crippen molar-refractivity contribution in [2.75, 3.05) is 0 Å². The molecule has 0 saturated heterocycles. The zero-order chi connectivity index (χ0) is 6.15. The van der Waals surface area contributed by atoms with Gasteiger partial charge in [0.1, 0.15) is 0 Å². The van der Waals surface area contributed by atoms with E-state index in [4.69, 9.17) is 0 Å². The Labute approximate surface area is 89.8 Å². The zero-order valence-corrected chi connectivity index (χ0v) is 10.0. The van der Waals surface area contributed by atoms with Gasteiger partial charge in [0.15, 0.2) is 0 Å². The van der Waals surface area contributed by atoms with Crippen molar-refractivity contribution in [2.24, 2.45) is 0 Å². The van der Waals surface area contributed by atoms with Gasteiger partial charge >= 0.3 is 65.5 Å². The van der Waals surface area contributed by atoms with Crippen molar-refractivity contribution < 1.29 is 49.5 Å². The largest absolute Gasteiger partial charge is 1.00 e. The molecule has 0 atom stereocenters. The predicted octanol–water partition coefficient (Wildman–Crippen LogP) is -3.83. The summed E-state index contributed by atoms with van der Waals surface area (Å²) in [5, 5.41) is 0. The molecule has 0 aromatic carbocycles. The fraction of sp³-hybridized carbons (Fsp3) is 0.429. The average molecular weight is 255 g/mol. The van der Waals surface area contributed by atoms with Crippen LogP contribution in [0.25, 0.3) is 0 Å². The first-order valence-electron chi connectivity index (χ1n) is 2.78. The molecule has 0 N–H and O–H groups in total. The van der Waals surface area contributed by atoms with Gasteiger partial charge in [0.2, 0.25) is 0 Å². The van der Waals surface area contributed by atoms with Crippen LogP contribution in [0.1, 0.15) is 20.3 Å². The number of hydrogen-bond acceptors (Lipinski definition) is 0. The number of allylic oxidation sites excluding steroid dienone is 4. The Balaban J connectivity index is 0. The van der Waals surface area contributed by atoms with Crippen LogP contribution >= 0.6 is 0 Å². The normalized spacial score (nSPS) is 15.8. The number of rotatable bonds is 0. The molecule has 0 bridgehead atoms. The van der Waals surface area contributed by atoms with Crippen LogP contribution in [-0.2, 0) is 24.7 Å². The maximum absolute atomic E-state index is 2.30. The fourth-order valence-electron chi connectivity index (χ4n) is 0.861. The first-order chi connectivity index (χ1) is 3.70. The van der Waals surface area contributed by atoms with E-state index in [1.54, 1.807) is 33.6 Å². The average Bonchev–Trinajstić information content (AvgIpc) is 1.85. The molecule has 1 aliphatic carbocycles. The Bertz CT molecular complexity index is 170. The third-order valence-corrected chi connectivity index (χ3v) is 2.31. The van der Waals surface area contributed by atoms with E-state index in [1.165, 1.54) is 12.0 Å². The van der Waals surface area contributed by atoms with Crippen molar-refractivity contribution in [1.29, 1.82) is 0 Å². The van der Waals surface area contributed by atoms with Gasteiger partial charge in [-0.05, 0) is 0 Å². The minimum Gasteiger partial charge on any atom is -1.00 e. The van der Waals surface area contributed by atoms with E-state index in [0.717, 1.165) is 0 Å². The summed E-state index contributed by atoms with van der Waals surface area (Å²) in [6, 6.07) is 0. The molecular formula is C7H9Cl2Zr. The molecule has 0 aliphatic heterocycles. The summed E-state index contributed by atoms with van der Waals surface area (Å²) in [4.78, 5) is 0. The first kappa shape index (κ1) is 13.5. The van der Waals surface area contributed by atoms with E-state index in [-0.39, 0.29) is 24.8 Å². The van der Waals surface area contributed by atoms with E-state index in [2.05, 4.69) is 19.9 Å². The van der Waals surface area contributed by atoms with Crippen LogP contribution < -0.4 is 24.8 Å². The van der Waals surface area contributed by atoms with E-state index >= 15 is 0 Å². The minimum absolute atomic E-state index is 0. The van der Waals surface area contributed by atoms with Gasteiger partial charge in [0, 0.05) is 0 Å². The molecule has 0 radical (unpaired) electrons. The van der Waals surface area contributed by atoms with Gasteiger partial charge in [-0.2, -0.15) is 0 Å². The summed E-state index contributed by atoms with van der Waals surface area (Å²) in [7, 11) is 0. The molecule has 10 heavy (non-hydrogen) atoms. The predicted molar refractivity (Wildman–Crippen MR) is 31.1 cm³/mol. The maximum atomic E-state index is 2.30. The van der Waals surface area contributed by atoms with Gasteiger partial charge in [-0.1, -0.05) is 0 Å². The van der Waals surface area contributed by atoms with E-state index in [1.807, 2.05) is 0 Å².